The monoisotopic (exact) mass is 243 g/mol. The standard InChI is InChI=1S/C10H13NO4S/c1-7-3-4-8(11)9(5-7)16(13,14)6-10(12)15-2/h3-5H,6,11H2,1-2H3. The second-order valence-electron chi connectivity index (χ2n) is 3.38. The van der Waals surface area contributed by atoms with Gasteiger partial charge in [0.1, 0.15) is 0 Å². The summed E-state index contributed by atoms with van der Waals surface area (Å²) in [5, 5.41) is 0. The van der Waals surface area contributed by atoms with E-state index in [0.29, 0.717) is 0 Å². The number of benzene rings is 1. The smallest absolute Gasteiger partial charge is 0.321 e. The molecule has 0 spiro atoms. The van der Waals surface area contributed by atoms with E-state index in [9.17, 15) is 13.2 Å². The minimum Gasteiger partial charge on any atom is -0.468 e. The van der Waals surface area contributed by atoms with Gasteiger partial charge >= 0.3 is 5.97 Å². The van der Waals surface area contributed by atoms with Crippen molar-refractivity contribution >= 4 is 21.5 Å². The Morgan fingerprint density at radius 3 is 2.62 bits per heavy atom. The summed E-state index contributed by atoms with van der Waals surface area (Å²) < 4.78 is 27.9. The number of hydrogen-bond acceptors (Lipinski definition) is 5. The van der Waals surface area contributed by atoms with E-state index < -0.39 is 21.6 Å². The lowest BCUT2D eigenvalue weighted by molar-refractivity contribution is -0.137. The third kappa shape index (κ3) is 2.73. The minimum absolute atomic E-state index is 0.0297. The molecule has 88 valence electrons. The first-order valence-corrected chi connectivity index (χ1v) is 6.18. The lowest BCUT2D eigenvalue weighted by Gasteiger charge is -2.07. The molecule has 1 aromatic rings. The highest BCUT2D eigenvalue weighted by Crippen LogP contribution is 2.20. The molecule has 0 atom stereocenters. The van der Waals surface area contributed by atoms with Crippen LogP contribution in [0.25, 0.3) is 0 Å². The van der Waals surface area contributed by atoms with E-state index >= 15 is 0 Å². The van der Waals surface area contributed by atoms with Gasteiger partial charge in [-0.25, -0.2) is 8.42 Å². The minimum atomic E-state index is -3.72. The maximum Gasteiger partial charge on any atom is 0.321 e. The van der Waals surface area contributed by atoms with Crippen molar-refractivity contribution in [3.8, 4) is 0 Å². The molecule has 1 aromatic carbocycles. The molecule has 0 aromatic heterocycles. The van der Waals surface area contributed by atoms with E-state index in [-0.39, 0.29) is 10.6 Å². The van der Waals surface area contributed by atoms with Crippen molar-refractivity contribution in [2.75, 3.05) is 18.6 Å². The molecule has 0 bridgehead atoms. The Morgan fingerprint density at radius 2 is 2.06 bits per heavy atom. The number of nitrogen functional groups attached to an aromatic ring is 1. The summed E-state index contributed by atoms with van der Waals surface area (Å²) in [4.78, 5) is 10.9. The van der Waals surface area contributed by atoms with E-state index in [0.717, 1.165) is 12.7 Å². The zero-order valence-electron chi connectivity index (χ0n) is 9.06. The number of esters is 1. The second-order valence-corrected chi connectivity index (χ2v) is 5.33. The molecular formula is C10H13NO4S. The van der Waals surface area contributed by atoms with Crippen LogP contribution in [0.3, 0.4) is 0 Å². The van der Waals surface area contributed by atoms with Gasteiger partial charge in [-0.3, -0.25) is 4.79 Å². The molecule has 0 saturated heterocycles. The molecule has 0 fully saturated rings. The highest BCUT2D eigenvalue weighted by atomic mass is 32.2. The van der Waals surface area contributed by atoms with Crippen LogP contribution in [0.4, 0.5) is 5.69 Å². The first-order valence-electron chi connectivity index (χ1n) is 4.52. The number of nitrogens with two attached hydrogens (primary N) is 1. The molecule has 0 unspecified atom stereocenters. The molecule has 0 aliphatic rings. The number of ether oxygens (including phenoxy) is 1. The number of carbonyl (C=O) groups is 1. The zero-order valence-corrected chi connectivity index (χ0v) is 9.87. The molecule has 0 amide bonds. The van der Waals surface area contributed by atoms with Crippen molar-refractivity contribution in [3.63, 3.8) is 0 Å². The first kappa shape index (κ1) is 12.5. The lowest BCUT2D eigenvalue weighted by atomic mass is 10.2. The van der Waals surface area contributed by atoms with Gasteiger partial charge in [0.15, 0.2) is 15.6 Å². The van der Waals surface area contributed by atoms with Crippen LogP contribution in [0.5, 0.6) is 0 Å². The highest BCUT2D eigenvalue weighted by molar-refractivity contribution is 7.92. The summed E-state index contributed by atoms with van der Waals surface area (Å²) in [5.74, 6) is -1.50. The van der Waals surface area contributed by atoms with Crippen LogP contribution in [-0.2, 0) is 19.4 Å². The average Bonchev–Trinajstić information content (AvgIpc) is 2.20. The molecule has 6 heteroatoms. The van der Waals surface area contributed by atoms with Gasteiger partial charge in [-0.1, -0.05) is 6.07 Å². The first-order chi connectivity index (χ1) is 7.36. The van der Waals surface area contributed by atoms with Gasteiger partial charge in [0.2, 0.25) is 0 Å². The van der Waals surface area contributed by atoms with Crippen LogP contribution >= 0.6 is 0 Å². The van der Waals surface area contributed by atoms with Gasteiger partial charge < -0.3 is 10.5 Å². The Balaban J connectivity index is 3.17. The number of rotatable bonds is 3. The molecule has 0 radical (unpaired) electrons. The Kier molecular flexibility index (Phi) is 3.54. The predicted molar refractivity (Wildman–Crippen MR) is 59.7 cm³/mol. The van der Waals surface area contributed by atoms with E-state index in [1.54, 1.807) is 13.0 Å². The SMILES string of the molecule is COC(=O)CS(=O)(=O)c1cc(C)ccc1N. The van der Waals surface area contributed by atoms with E-state index in [4.69, 9.17) is 5.73 Å². The van der Waals surface area contributed by atoms with Crippen molar-refractivity contribution in [3.05, 3.63) is 23.8 Å². The fraction of sp³-hybridized carbons (Fsp3) is 0.300. The number of sulfone groups is 1. The van der Waals surface area contributed by atoms with E-state index in [2.05, 4.69) is 4.74 Å². The third-order valence-corrected chi connectivity index (χ3v) is 3.68. The molecule has 16 heavy (non-hydrogen) atoms. The summed E-state index contributed by atoms with van der Waals surface area (Å²) in [5.41, 5.74) is 6.46. The van der Waals surface area contributed by atoms with Crippen molar-refractivity contribution in [2.45, 2.75) is 11.8 Å². The molecule has 1 rings (SSSR count). The van der Waals surface area contributed by atoms with Gasteiger partial charge in [0.05, 0.1) is 17.7 Å². The number of anilines is 1. The van der Waals surface area contributed by atoms with Crippen molar-refractivity contribution < 1.29 is 17.9 Å². The molecule has 0 aliphatic heterocycles. The fourth-order valence-electron chi connectivity index (χ4n) is 1.20. The fourth-order valence-corrected chi connectivity index (χ4v) is 2.58. The topological polar surface area (TPSA) is 86.5 Å². The van der Waals surface area contributed by atoms with E-state index in [1.165, 1.54) is 12.1 Å². The number of aryl methyl sites for hydroxylation is 1. The van der Waals surface area contributed by atoms with Crippen LogP contribution in [0.15, 0.2) is 23.1 Å². The zero-order chi connectivity index (χ0) is 12.3. The van der Waals surface area contributed by atoms with E-state index in [1.807, 2.05) is 0 Å². The maximum atomic E-state index is 11.8. The molecule has 0 saturated carbocycles. The summed E-state index contributed by atoms with van der Waals surface area (Å²) in [7, 11) is -2.59. The Bertz CT molecular complexity index is 508. The van der Waals surface area contributed by atoms with Crippen molar-refractivity contribution in [1.82, 2.24) is 0 Å². The second kappa shape index (κ2) is 4.52. The largest absolute Gasteiger partial charge is 0.468 e. The molecule has 2 N–H and O–H groups in total. The van der Waals surface area contributed by atoms with Crippen LogP contribution in [0.1, 0.15) is 5.56 Å². The maximum absolute atomic E-state index is 11.8. The van der Waals surface area contributed by atoms with Gasteiger partial charge in [-0.15, -0.1) is 0 Å². The Hall–Kier alpha value is -1.56. The normalized spacial score (nSPS) is 11.1. The molecule has 0 heterocycles. The highest BCUT2D eigenvalue weighted by Gasteiger charge is 2.22. The lowest BCUT2D eigenvalue weighted by Crippen LogP contribution is -2.18. The molecule has 0 aliphatic carbocycles. The van der Waals surface area contributed by atoms with Gasteiger partial charge in [0, 0.05) is 0 Å². The average molecular weight is 243 g/mol. The Morgan fingerprint density at radius 1 is 1.44 bits per heavy atom. The summed E-state index contributed by atoms with van der Waals surface area (Å²) in [6, 6.07) is 4.64. The van der Waals surface area contributed by atoms with Crippen LogP contribution in [0, 0.1) is 6.92 Å². The number of methoxy groups -OCH3 is 1. The molecular weight excluding hydrogens is 230 g/mol. The number of carbonyl (C=O) groups excluding carboxylic acids is 1. The summed E-state index contributed by atoms with van der Waals surface area (Å²) in [6.07, 6.45) is 0. The number of hydrogen-bond donors (Lipinski definition) is 1. The van der Waals surface area contributed by atoms with Gasteiger partial charge in [0.25, 0.3) is 0 Å². The van der Waals surface area contributed by atoms with Crippen LogP contribution in [0.2, 0.25) is 0 Å². The predicted octanol–water partition coefficient (Wildman–Crippen LogP) is 0.524. The third-order valence-electron chi connectivity index (χ3n) is 2.04. The molecule has 5 nitrogen and oxygen atoms in total. The van der Waals surface area contributed by atoms with Gasteiger partial charge in [-0.05, 0) is 24.6 Å². The quantitative estimate of drug-likeness (QED) is 0.618. The van der Waals surface area contributed by atoms with Gasteiger partial charge in [-0.2, -0.15) is 0 Å². The van der Waals surface area contributed by atoms with Crippen molar-refractivity contribution in [1.29, 1.82) is 0 Å². The van der Waals surface area contributed by atoms with Crippen LogP contribution < -0.4 is 5.73 Å². The summed E-state index contributed by atoms with van der Waals surface area (Å²) in [6.45, 7) is 1.75. The Labute approximate surface area is 94.1 Å². The van der Waals surface area contributed by atoms with Crippen molar-refractivity contribution in [2.24, 2.45) is 0 Å². The summed E-state index contributed by atoms with van der Waals surface area (Å²) >= 11 is 0. The van der Waals surface area contributed by atoms with Crippen LogP contribution in [-0.4, -0.2) is 27.2 Å².